The molecule has 6 nitrogen and oxygen atoms in total. The molecule has 7 heteroatoms. The molecule has 1 fully saturated rings. The van der Waals surface area contributed by atoms with Gasteiger partial charge in [0.05, 0.1) is 10.9 Å². The molecule has 1 N–H and O–H groups in total. The number of piperidine rings is 1. The van der Waals surface area contributed by atoms with Crippen LogP contribution in [0.25, 0.3) is 0 Å². The molecule has 0 saturated carbocycles. The van der Waals surface area contributed by atoms with E-state index in [0.29, 0.717) is 5.89 Å². The Bertz CT molecular complexity index is 688. The number of hydrogen-bond donors (Lipinski definition) is 1. The molecule has 0 bridgehead atoms. The molecule has 130 valence electrons. The van der Waals surface area contributed by atoms with Crippen LogP contribution in [0.1, 0.15) is 59.0 Å². The Labute approximate surface area is 146 Å². The van der Waals surface area contributed by atoms with Gasteiger partial charge in [-0.2, -0.15) is 4.98 Å². The number of carbonyl (C=O) groups excluding carboxylic acids is 1. The number of rotatable bonds is 5. The van der Waals surface area contributed by atoms with Gasteiger partial charge in [0.1, 0.15) is 0 Å². The van der Waals surface area contributed by atoms with Crippen LogP contribution in [0.4, 0.5) is 0 Å². The number of aromatic nitrogens is 2. The lowest BCUT2D eigenvalue weighted by atomic mass is 10.0. The second-order valence-electron chi connectivity index (χ2n) is 6.27. The van der Waals surface area contributed by atoms with Gasteiger partial charge in [0.15, 0.2) is 5.82 Å². The first-order chi connectivity index (χ1) is 11.6. The number of aryl methyl sites for hydroxylation is 2. The molecule has 2 aromatic rings. The van der Waals surface area contributed by atoms with E-state index < -0.39 is 0 Å². The van der Waals surface area contributed by atoms with E-state index in [0.717, 1.165) is 47.9 Å². The van der Waals surface area contributed by atoms with Crippen molar-refractivity contribution in [3.8, 4) is 0 Å². The molecule has 0 spiro atoms. The Morgan fingerprint density at radius 1 is 1.46 bits per heavy atom. The molecule has 0 aromatic carbocycles. The van der Waals surface area contributed by atoms with E-state index in [2.05, 4.69) is 27.3 Å². The molecular formula is C17H24N4O2S. The van der Waals surface area contributed by atoms with Crippen LogP contribution in [0, 0.1) is 6.92 Å². The van der Waals surface area contributed by atoms with Gasteiger partial charge in [-0.25, -0.2) is 0 Å². The molecule has 1 saturated heterocycles. The van der Waals surface area contributed by atoms with Crippen molar-refractivity contribution in [2.75, 3.05) is 13.1 Å². The smallest absolute Gasteiger partial charge is 0.261 e. The molecule has 1 atom stereocenters. The fourth-order valence-electron chi connectivity index (χ4n) is 2.98. The Balaban J connectivity index is 1.51. The summed E-state index contributed by atoms with van der Waals surface area (Å²) in [6.07, 6.45) is 2.66. The van der Waals surface area contributed by atoms with Crippen molar-refractivity contribution >= 4 is 17.2 Å². The SMILES string of the molecule is CCc1noc([C@H](C)N2CCC(NC(=O)c3ccc(C)s3)CC2)n1. The van der Waals surface area contributed by atoms with E-state index in [1.807, 2.05) is 26.0 Å². The highest BCUT2D eigenvalue weighted by molar-refractivity contribution is 7.13. The average Bonchev–Trinajstić information content (AvgIpc) is 3.23. The monoisotopic (exact) mass is 348 g/mol. The first-order valence-electron chi connectivity index (χ1n) is 8.50. The number of likely N-dealkylation sites (tertiary alicyclic amines) is 1. The molecule has 0 unspecified atom stereocenters. The number of amides is 1. The van der Waals surface area contributed by atoms with Crippen LogP contribution in [0.3, 0.4) is 0 Å². The predicted molar refractivity (Wildman–Crippen MR) is 93.2 cm³/mol. The highest BCUT2D eigenvalue weighted by atomic mass is 32.1. The molecule has 2 aromatic heterocycles. The summed E-state index contributed by atoms with van der Waals surface area (Å²) in [6, 6.07) is 4.23. The summed E-state index contributed by atoms with van der Waals surface area (Å²) >= 11 is 1.54. The van der Waals surface area contributed by atoms with Gasteiger partial charge in [-0.3, -0.25) is 9.69 Å². The van der Waals surface area contributed by atoms with Crippen molar-refractivity contribution in [1.82, 2.24) is 20.4 Å². The van der Waals surface area contributed by atoms with E-state index in [9.17, 15) is 4.79 Å². The van der Waals surface area contributed by atoms with Crippen LogP contribution < -0.4 is 5.32 Å². The van der Waals surface area contributed by atoms with Gasteiger partial charge in [-0.15, -0.1) is 11.3 Å². The normalized spacial score (nSPS) is 17.8. The maximum Gasteiger partial charge on any atom is 0.261 e. The minimum Gasteiger partial charge on any atom is -0.349 e. The zero-order valence-corrected chi connectivity index (χ0v) is 15.2. The summed E-state index contributed by atoms with van der Waals surface area (Å²) in [4.78, 5) is 21.0. The van der Waals surface area contributed by atoms with Crippen LogP contribution in [0.5, 0.6) is 0 Å². The molecule has 0 radical (unpaired) electrons. The average molecular weight is 348 g/mol. The van der Waals surface area contributed by atoms with E-state index in [4.69, 9.17) is 4.52 Å². The standard InChI is InChI=1S/C17H24N4O2S/c1-4-15-19-17(23-20-15)12(3)21-9-7-13(8-10-21)18-16(22)14-6-5-11(2)24-14/h5-6,12-13H,4,7-10H2,1-3H3,(H,18,22)/t12-/m0/s1. The molecule has 24 heavy (non-hydrogen) atoms. The van der Waals surface area contributed by atoms with Gasteiger partial charge in [-0.05, 0) is 38.8 Å². The van der Waals surface area contributed by atoms with Crippen LogP contribution in [-0.4, -0.2) is 40.1 Å². The molecule has 1 aliphatic rings. The third kappa shape index (κ3) is 3.84. The van der Waals surface area contributed by atoms with Crippen molar-refractivity contribution in [1.29, 1.82) is 0 Å². The van der Waals surface area contributed by atoms with Crippen molar-refractivity contribution in [2.24, 2.45) is 0 Å². The summed E-state index contributed by atoms with van der Waals surface area (Å²) in [6.45, 7) is 7.96. The number of nitrogens with one attached hydrogen (secondary N) is 1. The molecule has 0 aliphatic carbocycles. The number of thiophene rings is 1. The van der Waals surface area contributed by atoms with Gasteiger partial charge in [0.25, 0.3) is 5.91 Å². The lowest BCUT2D eigenvalue weighted by molar-refractivity contribution is 0.0885. The van der Waals surface area contributed by atoms with Crippen LogP contribution in [0.15, 0.2) is 16.7 Å². The van der Waals surface area contributed by atoms with Crippen LogP contribution >= 0.6 is 11.3 Å². The molecule has 1 aliphatic heterocycles. The van der Waals surface area contributed by atoms with Gasteiger partial charge in [-0.1, -0.05) is 12.1 Å². The lowest BCUT2D eigenvalue weighted by Crippen LogP contribution is -2.45. The largest absolute Gasteiger partial charge is 0.349 e. The van der Waals surface area contributed by atoms with Crippen molar-refractivity contribution in [3.63, 3.8) is 0 Å². The lowest BCUT2D eigenvalue weighted by Gasteiger charge is -2.34. The Hall–Kier alpha value is -1.73. The highest BCUT2D eigenvalue weighted by Gasteiger charge is 2.27. The third-order valence-corrected chi connectivity index (χ3v) is 5.53. The Kier molecular flexibility index (Phi) is 5.30. The first-order valence-corrected chi connectivity index (χ1v) is 9.32. The first kappa shape index (κ1) is 17.1. The zero-order valence-electron chi connectivity index (χ0n) is 14.4. The summed E-state index contributed by atoms with van der Waals surface area (Å²) in [5.41, 5.74) is 0. The van der Waals surface area contributed by atoms with Gasteiger partial charge in [0.2, 0.25) is 5.89 Å². The summed E-state index contributed by atoms with van der Waals surface area (Å²) < 4.78 is 5.35. The predicted octanol–water partition coefficient (Wildman–Crippen LogP) is 2.96. The number of hydrogen-bond acceptors (Lipinski definition) is 6. The topological polar surface area (TPSA) is 71.3 Å². The van der Waals surface area contributed by atoms with E-state index in [1.54, 1.807) is 11.3 Å². The van der Waals surface area contributed by atoms with Crippen molar-refractivity contribution < 1.29 is 9.32 Å². The highest BCUT2D eigenvalue weighted by Crippen LogP contribution is 2.23. The minimum atomic E-state index is 0.0455. The number of nitrogens with zero attached hydrogens (tertiary/aromatic N) is 3. The second kappa shape index (κ2) is 7.44. The van der Waals surface area contributed by atoms with Crippen molar-refractivity contribution in [3.05, 3.63) is 33.6 Å². The van der Waals surface area contributed by atoms with Gasteiger partial charge < -0.3 is 9.84 Å². The van der Waals surface area contributed by atoms with E-state index >= 15 is 0 Å². The molecule has 1 amide bonds. The second-order valence-corrected chi connectivity index (χ2v) is 7.56. The third-order valence-electron chi connectivity index (χ3n) is 4.53. The molecule has 3 rings (SSSR count). The summed E-state index contributed by atoms with van der Waals surface area (Å²) in [5, 5.41) is 7.13. The van der Waals surface area contributed by atoms with Crippen molar-refractivity contribution in [2.45, 2.75) is 52.1 Å². The van der Waals surface area contributed by atoms with Gasteiger partial charge in [0, 0.05) is 30.4 Å². The quantitative estimate of drug-likeness (QED) is 0.899. The van der Waals surface area contributed by atoms with Crippen LogP contribution in [0.2, 0.25) is 0 Å². The maximum atomic E-state index is 12.3. The molecular weight excluding hydrogens is 324 g/mol. The minimum absolute atomic E-state index is 0.0455. The summed E-state index contributed by atoms with van der Waals surface area (Å²) in [7, 11) is 0. The Morgan fingerprint density at radius 2 is 2.21 bits per heavy atom. The fourth-order valence-corrected chi connectivity index (χ4v) is 3.75. The van der Waals surface area contributed by atoms with Gasteiger partial charge >= 0.3 is 0 Å². The molecule has 3 heterocycles. The zero-order chi connectivity index (χ0) is 17.1. The van der Waals surface area contributed by atoms with E-state index in [-0.39, 0.29) is 18.0 Å². The maximum absolute atomic E-state index is 12.3. The fraction of sp³-hybridized carbons (Fsp3) is 0.588. The number of carbonyl (C=O) groups is 1. The van der Waals surface area contributed by atoms with Crippen LogP contribution in [-0.2, 0) is 6.42 Å². The van der Waals surface area contributed by atoms with E-state index in [1.165, 1.54) is 0 Å². The Morgan fingerprint density at radius 3 is 2.79 bits per heavy atom. The summed E-state index contributed by atoms with van der Waals surface area (Å²) in [5.74, 6) is 1.48.